The van der Waals surface area contributed by atoms with Gasteiger partial charge in [0.15, 0.2) is 0 Å². The number of hydrogen-bond donors (Lipinski definition) is 2. The highest BCUT2D eigenvalue weighted by molar-refractivity contribution is 5.98. The Hall–Kier alpha value is -3.30. The first-order valence-corrected chi connectivity index (χ1v) is 12.0. The van der Waals surface area contributed by atoms with Gasteiger partial charge >= 0.3 is 0 Å². The zero-order valence-corrected chi connectivity index (χ0v) is 20.6. The number of aryl methyl sites for hydroxylation is 1. The Labute approximate surface area is 206 Å². The molecule has 2 aromatic carbocycles. The molecular weight excluding hydrogens is 446 g/mol. The molecule has 0 aromatic heterocycles. The number of nitrogens with two attached hydrogens (primary N) is 1. The number of amides is 2. The van der Waals surface area contributed by atoms with E-state index in [0.717, 1.165) is 17.7 Å². The standard InChI is InChI=1S/C26H35N5O4/c1-18(2)15-29(16-20-6-10-22(11-7-20)31(34)35)23-14-24(25(32)28-13-12-27)30(17-23)26(33)21-8-4-19(3)5-9-21/h4-11,18,23-24H,12-17,27H2,1-3H3,(H,28,32). The summed E-state index contributed by atoms with van der Waals surface area (Å²) in [6.45, 7) is 8.66. The number of rotatable bonds is 10. The molecule has 9 nitrogen and oxygen atoms in total. The van der Waals surface area contributed by atoms with Gasteiger partial charge in [-0.05, 0) is 37.0 Å². The smallest absolute Gasteiger partial charge is 0.269 e. The summed E-state index contributed by atoms with van der Waals surface area (Å²) < 4.78 is 0. The molecule has 0 aliphatic carbocycles. The molecule has 2 unspecified atom stereocenters. The highest BCUT2D eigenvalue weighted by Gasteiger charge is 2.42. The predicted octanol–water partition coefficient (Wildman–Crippen LogP) is 2.72. The van der Waals surface area contributed by atoms with Gasteiger partial charge in [-0.3, -0.25) is 24.6 Å². The van der Waals surface area contributed by atoms with E-state index < -0.39 is 11.0 Å². The molecule has 0 bridgehead atoms. The van der Waals surface area contributed by atoms with Crippen LogP contribution in [-0.4, -0.2) is 64.8 Å². The summed E-state index contributed by atoms with van der Waals surface area (Å²) in [7, 11) is 0. The number of likely N-dealkylation sites (tertiary alicyclic amines) is 1. The average molecular weight is 482 g/mol. The van der Waals surface area contributed by atoms with Crippen LogP contribution < -0.4 is 11.1 Å². The van der Waals surface area contributed by atoms with Gasteiger partial charge in [-0.2, -0.15) is 0 Å². The van der Waals surface area contributed by atoms with Crippen LogP contribution in [-0.2, 0) is 11.3 Å². The van der Waals surface area contributed by atoms with Crippen molar-refractivity contribution in [1.29, 1.82) is 0 Å². The van der Waals surface area contributed by atoms with Crippen molar-refractivity contribution in [1.82, 2.24) is 15.1 Å². The zero-order valence-electron chi connectivity index (χ0n) is 20.6. The lowest BCUT2D eigenvalue weighted by Crippen LogP contribution is -2.47. The van der Waals surface area contributed by atoms with Gasteiger partial charge in [0.05, 0.1) is 4.92 Å². The first-order chi connectivity index (χ1) is 16.7. The van der Waals surface area contributed by atoms with Gasteiger partial charge in [0.2, 0.25) is 5.91 Å². The first kappa shape index (κ1) is 26.3. The van der Waals surface area contributed by atoms with E-state index in [9.17, 15) is 19.7 Å². The van der Waals surface area contributed by atoms with Crippen LogP contribution in [0.25, 0.3) is 0 Å². The van der Waals surface area contributed by atoms with E-state index in [1.54, 1.807) is 29.2 Å². The fourth-order valence-corrected chi connectivity index (χ4v) is 4.50. The van der Waals surface area contributed by atoms with Crippen LogP contribution in [0.2, 0.25) is 0 Å². The first-order valence-electron chi connectivity index (χ1n) is 12.0. The van der Waals surface area contributed by atoms with Crippen molar-refractivity contribution in [3.8, 4) is 0 Å². The van der Waals surface area contributed by atoms with E-state index in [1.165, 1.54) is 12.1 Å². The van der Waals surface area contributed by atoms with Crippen molar-refractivity contribution < 1.29 is 14.5 Å². The highest BCUT2D eigenvalue weighted by atomic mass is 16.6. The molecular formula is C26H35N5O4. The van der Waals surface area contributed by atoms with Gasteiger partial charge in [0, 0.05) is 56.5 Å². The summed E-state index contributed by atoms with van der Waals surface area (Å²) in [5.41, 5.74) is 8.19. The summed E-state index contributed by atoms with van der Waals surface area (Å²) in [6.07, 6.45) is 0.508. The number of nitro groups is 1. The quantitative estimate of drug-likeness (QED) is 0.397. The number of benzene rings is 2. The second-order valence-corrected chi connectivity index (χ2v) is 9.56. The molecule has 1 saturated heterocycles. The number of nitrogens with zero attached hydrogens (tertiary/aromatic N) is 3. The van der Waals surface area contributed by atoms with E-state index in [0.29, 0.717) is 44.1 Å². The molecule has 1 aliphatic rings. The van der Waals surface area contributed by atoms with E-state index in [-0.39, 0.29) is 23.5 Å². The molecule has 2 atom stereocenters. The highest BCUT2D eigenvalue weighted by Crippen LogP contribution is 2.27. The Morgan fingerprint density at radius 1 is 1.17 bits per heavy atom. The van der Waals surface area contributed by atoms with E-state index in [1.807, 2.05) is 19.1 Å². The summed E-state index contributed by atoms with van der Waals surface area (Å²) in [5.74, 6) is -0.00195. The van der Waals surface area contributed by atoms with Gasteiger partial charge in [0.25, 0.3) is 11.6 Å². The summed E-state index contributed by atoms with van der Waals surface area (Å²) >= 11 is 0. The molecule has 9 heteroatoms. The minimum absolute atomic E-state index is 0.0318. The van der Waals surface area contributed by atoms with Crippen LogP contribution in [0.1, 0.15) is 41.8 Å². The zero-order chi connectivity index (χ0) is 25.5. The Kier molecular flexibility index (Phi) is 8.95. The molecule has 35 heavy (non-hydrogen) atoms. The third-order valence-electron chi connectivity index (χ3n) is 6.23. The topological polar surface area (TPSA) is 122 Å². The fourth-order valence-electron chi connectivity index (χ4n) is 4.50. The maximum absolute atomic E-state index is 13.4. The van der Waals surface area contributed by atoms with E-state index in [4.69, 9.17) is 5.73 Å². The molecule has 0 saturated carbocycles. The minimum atomic E-state index is -0.591. The van der Waals surface area contributed by atoms with Crippen LogP contribution in [0.3, 0.4) is 0 Å². The van der Waals surface area contributed by atoms with Crippen molar-refractivity contribution in [2.45, 2.75) is 45.8 Å². The Morgan fingerprint density at radius 3 is 2.40 bits per heavy atom. The monoisotopic (exact) mass is 481 g/mol. The number of carbonyl (C=O) groups is 2. The van der Waals surface area contributed by atoms with Crippen LogP contribution in [0, 0.1) is 23.0 Å². The van der Waals surface area contributed by atoms with Crippen molar-refractivity contribution in [2.24, 2.45) is 11.7 Å². The SMILES string of the molecule is Cc1ccc(C(=O)N2CC(N(Cc3ccc([N+](=O)[O-])cc3)CC(C)C)CC2C(=O)NCCN)cc1. The van der Waals surface area contributed by atoms with Crippen molar-refractivity contribution in [3.63, 3.8) is 0 Å². The average Bonchev–Trinajstić information content (AvgIpc) is 3.28. The molecule has 188 valence electrons. The summed E-state index contributed by atoms with van der Waals surface area (Å²) in [4.78, 5) is 41.0. The minimum Gasteiger partial charge on any atom is -0.353 e. The Balaban J connectivity index is 1.85. The van der Waals surface area contributed by atoms with Crippen molar-refractivity contribution in [3.05, 3.63) is 75.3 Å². The molecule has 3 rings (SSSR count). The number of carbonyl (C=O) groups excluding carboxylic acids is 2. The third kappa shape index (κ3) is 6.86. The molecule has 0 spiro atoms. The number of non-ortho nitro benzene ring substituents is 1. The maximum Gasteiger partial charge on any atom is 0.269 e. The van der Waals surface area contributed by atoms with Gasteiger partial charge in [-0.1, -0.05) is 43.7 Å². The Morgan fingerprint density at radius 2 is 1.83 bits per heavy atom. The van der Waals surface area contributed by atoms with Gasteiger partial charge in [-0.25, -0.2) is 0 Å². The van der Waals surface area contributed by atoms with E-state index >= 15 is 0 Å². The normalized spacial score (nSPS) is 17.7. The van der Waals surface area contributed by atoms with Crippen LogP contribution in [0.5, 0.6) is 0 Å². The molecule has 1 heterocycles. The van der Waals surface area contributed by atoms with Crippen LogP contribution in [0.15, 0.2) is 48.5 Å². The molecule has 2 amide bonds. The second kappa shape index (κ2) is 11.9. The van der Waals surface area contributed by atoms with Gasteiger partial charge < -0.3 is 16.0 Å². The molecule has 1 fully saturated rings. The number of nitro benzene ring substituents is 1. The lowest BCUT2D eigenvalue weighted by Gasteiger charge is -2.30. The van der Waals surface area contributed by atoms with E-state index in [2.05, 4.69) is 24.1 Å². The van der Waals surface area contributed by atoms with Crippen molar-refractivity contribution in [2.75, 3.05) is 26.2 Å². The third-order valence-corrected chi connectivity index (χ3v) is 6.23. The van der Waals surface area contributed by atoms with Crippen molar-refractivity contribution >= 4 is 17.5 Å². The largest absolute Gasteiger partial charge is 0.353 e. The van der Waals surface area contributed by atoms with Crippen LogP contribution in [0.4, 0.5) is 5.69 Å². The maximum atomic E-state index is 13.4. The number of nitrogens with one attached hydrogen (secondary N) is 1. The van der Waals surface area contributed by atoms with Gasteiger partial charge in [-0.15, -0.1) is 0 Å². The number of hydrogen-bond acceptors (Lipinski definition) is 6. The Bertz CT molecular complexity index is 1020. The molecule has 3 N–H and O–H groups in total. The molecule has 1 aliphatic heterocycles. The summed E-state index contributed by atoms with van der Waals surface area (Å²) in [5, 5.41) is 13.9. The summed E-state index contributed by atoms with van der Waals surface area (Å²) in [6, 6.07) is 13.3. The lowest BCUT2D eigenvalue weighted by atomic mass is 10.1. The lowest BCUT2D eigenvalue weighted by molar-refractivity contribution is -0.384. The second-order valence-electron chi connectivity index (χ2n) is 9.56. The fraction of sp³-hybridized carbons (Fsp3) is 0.462. The van der Waals surface area contributed by atoms with Gasteiger partial charge in [0.1, 0.15) is 6.04 Å². The van der Waals surface area contributed by atoms with Crippen LogP contribution >= 0.6 is 0 Å². The molecule has 2 aromatic rings. The predicted molar refractivity (Wildman–Crippen MR) is 135 cm³/mol. The molecule has 0 radical (unpaired) electrons.